The van der Waals surface area contributed by atoms with E-state index in [1.54, 1.807) is 12.1 Å². The maximum Gasteiger partial charge on any atom is 0.123 e. The van der Waals surface area contributed by atoms with E-state index in [1.165, 1.54) is 17.3 Å². The van der Waals surface area contributed by atoms with E-state index < -0.39 is 0 Å². The van der Waals surface area contributed by atoms with E-state index >= 15 is 0 Å². The molecule has 4 nitrogen and oxygen atoms in total. The van der Waals surface area contributed by atoms with Crippen LogP contribution in [0.5, 0.6) is 5.75 Å². The molecule has 0 saturated heterocycles. The molecule has 112 valence electrons. The molecule has 2 heterocycles. The van der Waals surface area contributed by atoms with Crippen molar-refractivity contribution in [1.29, 1.82) is 0 Å². The van der Waals surface area contributed by atoms with Crippen LogP contribution in [0, 0.1) is 19.7 Å². The Balaban J connectivity index is 1.56. The Hall–Kier alpha value is -1.88. The number of aryl methyl sites for hydroxylation is 2. The minimum absolute atomic E-state index is 0.0686. The van der Waals surface area contributed by atoms with E-state index in [0.717, 1.165) is 36.5 Å². The van der Waals surface area contributed by atoms with Gasteiger partial charge in [-0.3, -0.25) is 4.68 Å². The smallest absolute Gasteiger partial charge is 0.123 e. The lowest BCUT2D eigenvalue weighted by Gasteiger charge is -2.12. The number of aromatic nitrogens is 2. The molecule has 0 aliphatic carbocycles. The Morgan fingerprint density at radius 2 is 2.24 bits per heavy atom. The number of fused-ring (bicyclic) bond motifs is 1. The molecule has 1 atom stereocenters. The molecule has 1 N–H and O–H groups in total. The standard InChI is InChI=1S/C16H20FN3O/c1-10-15(11(2)20(3)19-10)9-18-8-14-7-12-6-13(17)4-5-16(12)21-14/h4-6,14,18H,7-9H2,1-3H3. The summed E-state index contributed by atoms with van der Waals surface area (Å²) in [6.07, 6.45) is 0.824. The average molecular weight is 289 g/mol. The molecule has 0 saturated carbocycles. The first-order valence-corrected chi connectivity index (χ1v) is 7.19. The van der Waals surface area contributed by atoms with Crippen molar-refractivity contribution in [3.63, 3.8) is 0 Å². The fourth-order valence-corrected chi connectivity index (χ4v) is 2.83. The SMILES string of the molecule is Cc1nn(C)c(C)c1CNCC1Cc2cc(F)ccc2O1. The molecule has 1 aromatic carbocycles. The molecule has 0 spiro atoms. The van der Waals surface area contributed by atoms with Crippen LogP contribution in [0.1, 0.15) is 22.5 Å². The van der Waals surface area contributed by atoms with Crippen molar-refractivity contribution in [2.75, 3.05) is 6.54 Å². The Bertz CT molecular complexity index is 666. The van der Waals surface area contributed by atoms with Crippen molar-refractivity contribution in [1.82, 2.24) is 15.1 Å². The first kappa shape index (κ1) is 14.1. The van der Waals surface area contributed by atoms with Gasteiger partial charge in [-0.2, -0.15) is 5.10 Å². The van der Waals surface area contributed by atoms with Crippen LogP contribution in [0.15, 0.2) is 18.2 Å². The van der Waals surface area contributed by atoms with Gasteiger partial charge >= 0.3 is 0 Å². The van der Waals surface area contributed by atoms with Gasteiger partial charge in [-0.05, 0) is 32.0 Å². The zero-order chi connectivity index (χ0) is 15.0. The summed E-state index contributed by atoms with van der Waals surface area (Å²) in [6.45, 7) is 5.61. The first-order chi connectivity index (χ1) is 10.0. The van der Waals surface area contributed by atoms with Gasteiger partial charge in [0.05, 0.1) is 5.69 Å². The second-order valence-electron chi connectivity index (χ2n) is 5.60. The number of benzene rings is 1. The maximum atomic E-state index is 13.2. The average Bonchev–Trinajstić information content (AvgIpc) is 2.93. The van der Waals surface area contributed by atoms with Crippen molar-refractivity contribution >= 4 is 0 Å². The number of nitrogens with zero attached hydrogens (tertiary/aromatic N) is 2. The van der Waals surface area contributed by atoms with Gasteiger partial charge < -0.3 is 10.1 Å². The summed E-state index contributed by atoms with van der Waals surface area (Å²) in [7, 11) is 1.96. The summed E-state index contributed by atoms with van der Waals surface area (Å²) in [5, 5.41) is 7.82. The molecule has 21 heavy (non-hydrogen) atoms. The van der Waals surface area contributed by atoms with Crippen molar-refractivity contribution in [3.05, 3.63) is 46.5 Å². The third kappa shape index (κ3) is 2.78. The summed E-state index contributed by atoms with van der Waals surface area (Å²) in [4.78, 5) is 0. The highest BCUT2D eigenvalue weighted by atomic mass is 19.1. The molecule has 1 aliphatic heterocycles. The van der Waals surface area contributed by atoms with Gasteiger partial charge in [-0.25, -0.2) is 4.39 Å². The van der Waals surface area contributed by atoms with E-state index in [9.17, 15) is 4.39 Å². The molecule has 5 heteroatoms. The molecule has 0 amide bonds. The van der Waals surface area contributed by atoms with Gasteiger partial charge in [0.15, 0.2) is 0 Å². The third-order valence-electron chi connectivity index (χ3n) is 4.10. The molecular weight excluding hydrogens is 269 g/mol. The fraction of sp³-hybridized carbons (Fsp3) is 0.438. The molecule has 3 rings (SSSR count). The van der Waals surface area contributed by atoms with Crippen LogP contribution in [0.3, 0.4) is 0 Å². The minimum atomic E-state index is -0.201. The molecule has 0 radical (unpaired) electrons. The lowest BCUT2D eigenvalue weighted by molar-refractivity contribution is 0.227. The topological polar surface area (TPSA) is 39.1 Å². The Kier molecular flexibility index (Phi) is 3.68. The zero-order valence-electron chi connectivity index (χ0n) is 12.6. The van der Waals surface area contributed by atoms with Gasteiger partial charge in [0.25, 0.3) is 0 Å². The van der Waals surface area contributed by atoms with Crippen molar-refractivity contribution in [2.24, 2.45) is 7.05 Å². The van der Waals surface area contributed by atoms with Crippen molar-refractivity contribution in [2.45, 2.75) is 32.9 Å². The van der Waals surface area contributed by atoms with Crippen LogP contribution >= 0.6 is 0 Å². The molecule has 0 fully saturated rings. The Morgan fingerprint density at radius 3 is 2.95 bits per heavy atom. The van der Waals surface area contributed by atoms with Gasteiger partial charge in [-0.1, -0.05) is 0 Å². The van der Waals surface area contributed by atoms with Crippen LogP contribution in [0.4, 0.5) is 4.39 Å². The number of hydrogen-bond donors (Lipinski definition) is 1. The summed E-state index contributed by atoms with van der Waals surface area (Å²) in [6, 6.07) is 4.71. The summed E-state index contributed by atoms with van der Waals surface area (Å²) >= 11 is 0. The fourth-order valence-electron chi connectivity index (χ4n) is 2.83. The highest BCUT2D eigenvalue weighted by Gasteiger charge is 2.23. The molecular formula is C16H20FN3O. The van der Waals surface area contributed by atoms with E-state index in [2.05, 4.69) is 17.3 Å². The van der Waals surface area contributed by atoms with Crippen LogP contribution in [0.2, 0.25) is 0 Å². The molecule has 1 aliphatic rings. The zero-order valence-corrected chi connectivity index (χ0v) is 12.6. The Labute approximate surface area is 123 Å². The highest BCUT2D eigenvalue weighted by molar-refractivity contribution is 5.38. The number of hydrogen-bond acceptors (Lipinski definition) is 3. The van der Waals surface area contributed by atoms with Crippen LogP contribution in [0.25, 0.3) is 0 Å². The summed E-state index contributed by atoms with van der Waals surface area (Å²) in [5.74, 6) is 0.601. The lowest BCUT2D eigenvalue weighted by atomic mass is 10.1. The predicted octanol–water partition coefficient (Wildman–Crippen LogP) is 2.27. The predicted molar refractivity (Wildman–Crippen MR) is 78.9 cm³/mol. The van der Waals surface area contributed by atoms with E-state index in [0.29, 0.717) is 0 Å². The summed E-state index contributed by atoms with van der Waals surface area (Å²) < 4.78 is 20.9. The second kappa shape index (κ2) is 5.48. The van der Waals surface area contributed by atoms with Crippen LogP contribution in [-0.4, -0.2) is 22.4 Å². The Morgan fingerprint density at radius 1 is 1.43 bits per heavy atom. The number of rotatable bonds is 4. The number of halogens is 1. The van der Waals surface area contributed by atoms with Gasteiger partial charge in [-0.15, -0.1) is 0 Å². The normalized spacial score (nSPS) is 16.9. The molecule has 2 aromatic rings. The molecule has 1 unspecified atom stereocenters. The third-order valence-corrected chi connectivity index (χ3v) is 4.10. The maximum absolute atomic E-state index is 13.2. The van der Waals surface area contributed by atoms with Gasteiger partial charge in [0, 0.05) is 43.4 Å². The van der Waals surface area contributed by atoms with Crippen LogP contribution < -0.4 is 10.1 Å². The minimum Gasteiger partial charge on any atom is -0.488 e. The van der Waals surface area contributed by atoms with E-state index in [4.69, 9.17) is 4.74 Å². The first-order valence-electron chi connectivity index (χ1n) is 7.19. The van der Waals surface area contributed by atoms with Crippen molar-refractivity contribution in [3.8, 4) is 5.75 Å². The second-order valence-corrected chi connectivity index (χ2v) is 5.60. The number of ether oxygens (including phenoxy) is 1. The monoisotopic (exact) mass is 289 g/mol. The van der Waals surface area contributed by atoms with E-state index in [1.807, 2.05) is 18.7 Å². The lowest BCUT2D eigenvalue weighted by Crippen LogP contribution is -2.30. The molecule has 0 bridgehead atoms. The van der Waals surface area contributed by atoms with Gasteiger partial charge in [0.2, 0.25) is 0 Å². The van der Waals surface area contributed by atoms with E-state index in [-0.39, 0.29) is 11.9 Å². The highest BCUT2D eigenvalue weighted by Crippen LogP contribution is 2.29. The molecule has 1 aromatic heterocycles. The number of nitrogens with one attached hydrogen (secondary N) is 1. The quantitative estimate of drug-likeness (QED) is 0.938. The van der Waals surface area contributed by atoms with Crippen LogP contribution in [-0.2, 0) is 20.0 Å². The summed E-state index contributed by atoms with van der Waals surface area (Å²) in [5.41, 5.74) is 4.42. The van der Waals surface area contributed by atoms with Gasteiger partial charge in [0.1, 0.15) is 17.7 Å². The largest absolute Gasteiger partial charge is 0.488 e. The van der Waals surface area contributed by atoms with Crippen molar-refractivity contribution < 1.29 is 9.13 Å².